The van der Waals surface area contributed by atoms with E-state index >= 15 is 0 Å². The van der Waals surface area contributed by atoms with Crippen molar-refractivity contribution < 1.29 is 27.4 Å². The number of nitrogens with one attached hydrogen (secondary N) is 1. The maximum atomic E-state index is 12.3. The highest BCUT2D eigenvalue weighted by molar-refractivity contribution is 7.22. The van der Waals surface area contributed by atoms with Crippen LogP contribution in [0.5, 0.6) is 11.5 Å². The summed E-state index contributed by atoms with van der Waals surface area (Å²) in [6, 6.07) is 10.9. The van der Waals surface area contributed by atoms with Crippen molar-refractivity contribution in [3.8, 4) is 11.5 Å². The molecular formula is C17H13F3N2O3S. The Balaban J connectivity index is 1.68. The van der Waals surface area contributed by atoms with E-state index in [4.69, 9.17) is 4.74 Å². The van der Waals surface area contributed by atoms with E-state index in [1.54, 1.807) is 31.4 Å². The summed E-state index contributed by atoms with van der Waals surface area (Å²) in [6.45, 7) is 0. The lowest BCUT2D eigenvalue weighted by atomic mass is 10.1. The molecule has 9 heteroatoms. The van der Waals surface area contributed by atoms with Gasteiger partial charge in [-0.3, -0.25) is 4.79 Å². The highest BCUT2D eigenvalue weighted by Crippen LogP contribution is 2.31. The van der Waals surface area contributed by atoms with Gasteiger partial charge in [0, 0.05) is 6.07 Å². The predicted molar refractivity (Wildman–Crippen MR) is 91.6 cm³/mol. The Morgan fingerprint density at radius 1 is 1.15 bits per heavy atom. The average molecular weight is 382 g/mol. The van der Waals surface area contributed by atoms with Crippen molar-refractivity contribution in [1.82, 2.24) is 4.98 Å². The monoisotopic (exact) mass is 382 g/mol. The summed E-state index contributed by atoms with van der Waals surface area (Å²) in [6.07, 6.45) is -4.61. The molecule has 5 nitrogen and oxygen atoms in total. The molecule has 3 aromatic rings. The second kappa shape index (κ2) is 7.20. The molecule has 0 atom stereocenters. The zero-order chi connectivity index (χ0) is 18.7. The van der Waals surface area contributed by atoms with E-state index in [2.05, 4.69) is 15.0 Å². The molecule has 0 saturated heterocycles. The number of alkyl halides is 3. The number of ether oxygens (including phenoxy) is 2. The first kappa shape index (κ1) is 18.0. The van der Waals surface area contributed by atoms with Crippen molar-refractivity contribution in [2.75, 3.05) is 12.4 Å². The van der Waals surface area contributed by atoms with Crippen LogP contribution < -0.4 is 14.8 Å². The number of amides is 1. The first-order chi connectivity index (χ1) is 12.3. The number of thiazole rings is 1. The Kier molecular flexibility index (Phi) is 4.99. The first-order valence-electron chi connectivity index (χ1n) is 7.41. The lowest BCUT2D eigenvalue weighted by Crippen LogP contribution is -2.16. The van der Waals surface area contributed by atoms with Gasteiger partial charge >= 0.3 is 6.36 Å². The average Bonchev–Trinajstić information content (AvgIpc) is 2.95. The molecule has 0 unspecified atom stereocenters. The number of benzene rings is 2. The van der Waals surface area contributed by atoms with Gasteiger partial charge in [0.25, 0.3) is 0 Å². The molecule has 136 valence electrons. The quantitative estimate of drug-likeness (QED) is 0.711. The molecule has 1 aromatic heterocycles. The van der Waals surface area contributed by atoms with Gasteiger partial charge in [-0.15, -0.1) is 13.2 Å². The van der Waals surface area contributed by atoms with Gasteiger partial charge in [0.2, 0.25) is 5.91 Å². The standard InChI is InChI=1S/C17H13F3N2O3S/c1-24-11-4-2-10(3-5-11)8-15(23)22-16-21-13-7-6-12(9-14(13)26-16)25-17(18,19)20/h2-7,9H,8H2,1H3,(H,21,22,23). The Hall–Kier alpha value is -2.81. The van der Waals surface area contributed by atoms with Crippen LogP contribution >= 0.6 is 11.3 Å². The number of methoxy groups -OCH3 is 1. The molecule has 0 spiro atoms. The summed E-state index contributed by atoms with van der Waals surface area (Å²) in [7, 11) is 1.56. The molecule has 3 rings (SSSR count). The molecule has 1 N–H and O–H groups in total. The Bertz CT molecular complexity index is 923. The van der Waals surface area contributed by atoms with E-state index in [0.717, 1.165) is 16.9 Å². The lowest BCUT2D eigenvalue weighted by Gasteiger charge is -2.07. The van der Waals surface area contributed by atoms with Crippen LogP contribution in [0, 0.1) is 0 Å². The fourth-order valence-corrected chi connectivity index (χ4v) is 3.16. The van der Waals surface area contributed by atoms with Crippen LogP contribution in [0.2, 0.25) is 0 Å². The molecule has 0 saturated carbocycles. The van der Waals surface area contributed by atoms with Gasteiger partial charge in [-0.1, -0.05) is 23.5 Å². The molecule has 0 bridgehead atoms. The third kappa shape index (κ3) is 4.63. The smallest absolute Gasteiger partial charge is 0.497 e. The Labute approximate surface area is 150 Å². The van der Waals surface area contributed by atoms with E-state index in [9.17, 15) is 18.0 Å². The number of hydrogen-bond donors (Lipinski definition) is 1. The SMILES string of the molecule is COc1ccc(CC(=O)Nc2nc3ccc(OC(F)(F)F)cc3s2)cc1. The molecule has 0 fully saturated rings. The van der Waals surface area contributed by atoms with Crippen molar-refractivity contribution in [2.45, 2.75) is 12.8 Å². The number of rotatable bonds is 5. The van der Waals surface area contributed by atoms with Crippen LogP contribution in [0.25, 0.3) is 10.2 Å². The highest BCUT2D eigenvalue weighted by atomic mass is 32.1. The Morgan fingerprint density at radius 2 is 1.85 bits per heavy atom. The van der Waals surface area contributed by atoms with Crippen LogP contribution in [0.1, 0.15) is 5.56 Å². The second-order valence-corrected chi connectivity index (χ2v) is 6.30. The van der Waals surface area contributed by atoms with E-state index < -0.39 is 6.36 Å². The van der Waals surface area contributed by atoms with Crippen molar-refractivity contribution in [3.05, 3.63) is 48.0 Å². The van der Waals surface area contributed by atoms with E-state index in [1.807, 2.05) is 0 Å². The summed E-state index contributed by atoms with van der Waals surface area (Å²) >= 11 is 1.07. The zero-order valence-electron chi connectivity index (χ0n) is 13.5. The molecule has 0 radical (unpaired) electrons. The number of fused-ring (bicyclic) bond motifs is 1. The molecule has 2 aromatic carbocycles. The van der Waals surface area contributed by atoms with Gasteiger partial charge in [-0.25, -0.2) is 4.98 Å². The minimum atomic E-state index is -4.76. The topological polar surface area (TPSA) is 60.5 Å². The maximum absolute atomic E-state index is 12.3. The molecule has 1 amide bonds. The maximum Gasteiger partial charge on any atom is 0.573 e. The van der Waals surface area contributed by atoms with Gasteiger partial charge in [-0.2, -0.15) is 0 Å². The number of carbonyl (C=O) groups is 1. The van der Waals surface area contributed by atoms with Crippen molar-refractivity contribution >= 4 is 32.6 Å². The minimum absolute atomic E-state index is 0.141. The van der Waals surface area contributed by atoms with Crippen LogP contribution in [0.3, 0.4) is 0 Å². The highest BCUT2D eigenvalue weighted by Gasteiger charge is 2.31. The summed E-state index contributed by atoms with van der Waals surface area (Å²) in [5, 5.41) is 2.96. The number of halogens is 3. The van der Waals surface area contributed by atoms with Gasteiger partial charge in [-0.05, 0) is 29.8 Å². The lowest BCUT2D eigenvalue weighted by molar-refractivity contribution is -0.274. The fraction of sp³-hybridized carbons (Fsp3) is 0.176. The van der Waals surface area contributed by atoms with E-state index in [-0.39, 0.29) is 18.1 Å². The number of aromatic nitrogens is 1. The van der Waals surface area contributed by atoms with Gasteiger partial charge < -0.3 is 14.8 Å². The molecule has 0 aliphatic heterocycles. The second-order valence-electron chi connectivity index (χ2n) is 5.27. The predicted octanol–water partition coefficient (Wildman–Crippen LogP) is 4.38. The Morgan fingerprint density at radius 3 is 2.50 bits per heavy atom. The third-order valence-electron chi connectivity index (χ3n) is 3.36. The first-order valence-corrected chi connectivity index (χ1v) is 8.23. The van der Waals surface area contributed by atoms with Gasteiger partial charge in [0.15, 0.2) is 5.13 Å². The van der Waals surface area contributed by atoms with Gasteiger partial charge in [0.05, 0.1) is 23.7 Å². The van der Waals surface area contributed by atoms with Crippen LogP contribution in [0.4, 0.5) is 18.3 Å². The molecule has 0 aliphatic rings. The van der Waals surface area contributed by atoms with Crippen LogP contribution in [0.15, 0.2) is 42.5 Å². The molecular weight excluding hydrogens is 369 g/mol. The summed E-state index contributed by atoms with van der Waals surface area (Å²) in [5.74, 6) is 0.0861. The molecule has 0 aliphatic carbocycles. The fourth-order valence-electron chi connectivity index (χ4n) is 2.25. The zero-order valence-corrected chi connectivity index (χ0v) is 14.3. The third-order valence-corrected chi connectivity index (χ3v) is 4.30. The van der Waals surface area contributed by atoms with Crippen molar-refractivity contribution in [3.63, 3.8) is 0 Å². The molecule has 26 heavy (non-hydrogen) atoms. The number of nitrogens with zero attached hydrogens (tertiary/aromatic N) is 1. The van der Waals surface area contributed by atoms with E-state index in [1.165, 1.54) is 18.2 Å². The summed E-state index contributed by atoms with van der Waals surface area (Å²) in [4.78, 5) is 16.3. The van der Waals surface area contributed by atoms with E-state index in [0.29, 0.717) is 21.1 Å². The number of anilines is 1. The largest absolute Gasteiger partial charge is 0.573 e. The summed E-state index contributed by atoms with van der Waals surface area (Å²) < 4.78 is 46.2. The van der Waals surface area contributed by atoms with Crippen molar-refractivity contribution in [1.29, 1.82) is 0 Å². The molecule has 1 heterocycles. The van der Waals surface area contributed by atoms with Crippen LogP contribution in [-0.2, 0) is 11.2 Å². The number of carbonyl (C=O) groups excluding carboxylic acids is 1. The summed E-state index contributed by atoms with van der Waals surface area (Å²) in [5.41, 5.74) is 1.27. The van der Waals surface area contributed by atoms with Gasteiger partial charge in [0.1, 0.15) is 11.5 Å². The van der Waals surface area contributed by atoms with Crippen LogP contribution in [-0.4, -0.2) is 24.4 Å². The van der Waals surface area contributed by atoms with Crippen molar-refractivity contribution in [2.24, 2.45) is 0 Å². The minimum Gasteiger partial charge on any atom is -0.497 e. The number of hydrogen-bond acceptors (Lipinski definition) is 5. The normalized spacial score (nSPS) is 11.4.